The van der Waals surface area contributed by atoms with Gasteiger partial charge in [0.1, 0.15) is 16.6 Å². The molecule has 0 saturated carbocycles. The third-order valence-electron chi connectivity index (χ3n) is 4.32. The molecule has 0 aliphatic rings. The van der Waals surface area contributed by atoms with Crippen LogP contribution in [0.15, 0.2) is 35.4 Å². The van der Waals surface area contributed by atoms with Crippen molar-refractivity contribution in [3.63, 3.8) is 0 Å². The molecule has 0 saturated heterocycles. The van der Waals surface area contributed by atoms with Gasteiger partial charge < -0.3 is 10.1 Å². The summed E-state index contributed by atoms with van der Waals surface area (Å²) in [6.45, 7) is 1.16. The number of hydrogen-bond donors (Lipinski definition) is 1. The molecule has 0 aliphatic carbocycles. The minimum atomic E-state index is -5.99. The summed E-state index contributed by atoms with van der Waals surface area (Å²) in [7, 11) is 1.52. The molecule has 0 spiro atoms. The van der Waals surface area contributed by atoms with Crippen LogP contribution in [0.4, 0.5) is 22.0 Å². The van der Waals surface area contributed by atoms with E-state index in [2.05, 4.69) is 9.97 Å². The number of fused-ring (bicyclic) bond motifs is 1. The molecule has 1 amide bonds. The molecule has 2 aromatic heterocycles. The monoisotopic (exact) mass is 505 g/mol. The number of nitrogens with one attached hydrogen (secondary N) is 1. The van der Waals surface area contributed by atoms with Gasteiger partial charge in [-0.1, -0.05) is 11.8 Å². The van der Waals surface area contributed by atoms with Crippen LogP contribution >= 0.6 is 23.1 Å². The molecule has 1 N–H and O–H groups in total. The van der Waals surface area contributed by atoms with Gasteiger partial charge in [0.25, 0.3) is 0 Å². The smallest absolute Gasteiger partial charge is 0.463 e. The van der Waals surface area contributed by atoms with Crippen LogP contribution in [-0.4, -0.2) is 46.6 Å². The molecule has 0 unspecified atom stereocenters. The van der Waals surface area contributed by atoms with Crippen molar-refractivity contribution >= 4 is 45.7 Å². The lowest BCUT2D eigenvalue weighted by Gasteiger charge is -2.18. The lowest BCUT2D eigenvalue weighted by atomic mass is 10.2. The summed E-state index contributed by atoms with van der Waals surface area (Å²) in [5, 5.41) is 2.83. The molecule has 6 nitrogen and oxygen atoms in total. The first-order chi connectivity index (χ1) is 15.4. The largest absolute Gasteiger partial charge is 0.497 e. The van der Waals surface area contributed by atoms with Crippen LogP contribution in [0.25, 0.3) is 10.9 Å². The highest BCUT2D eigenvalue weighted by atomic mass is 32.2. The van der Waals surface area contributed by atoms with Crippen LogP contribution in [0.2, 0.25) is 0 Å². The van der Waals surface area contributed by atoms with Gasteiger partial charge in [-0.2, -0.15) is 22.0 Å². The zero-order valence-corrected chi connectivity index (χ0v) is 18.8. The molecule has 13 heteroatoms. The van der Waals surface area contributed by atoms with Gasteiger partial charge in [0.2, 0.25) is 0 Å². The number of halogens is 5. The zero-order chi connectivity index (χ0) is 24.4. The van der Waals surface area contributed by atoms with E-state index in [4.69, 9.17) is 4.74 Å². The summed E-state index contributed by atoms with van der Waals surface area (Å²) in [5.74, 6) is -7.12. The molecule has 0 radical (unpaired) electrons. The van der Waals surface area contributed by atoms with Gasteiger partial charge in [-0.05, 0) is 37.3 Å². The normalized spacial score (nSPS) is 12.1. The van der Waals surface area contributed by atoms with Crippen LogP contribution in [0, 0.1) is 6.92 Å². The van der Waals surface area contributed by atoms with Gasteiger partial charge in [-0.3, -0.25) is 9.59 Å². The Bertz CT molecular complexity index is 1200. The van der Waals surface area contributed by atoms with Crippen molar-refractivity contribution in [2.24, 2.45) is 0 Å². The number of thioether (sulfide) groups is 1. The van der Waals surface area contributed by atoms with Crippen LogP contribution in [0.1, 0.15) is 20.4 Å². The van der Waals surface area contributed by atoms with Crippen LogP contribution < -0.4 is 10.1 Å². The topological polar surface area (TPSA) is 81.2 Å². The Morgan fingerprint density at radius 3 is 2.52 bits per heavy atom. The third kappa shape index (κ3) is 5.58. The van der Waals surface area contributed by atoms with Crippen molar-refractivity contribution in [3.8, 4) is 5.75 Å². The first kappa shape index (κ1) is 24.8. The van der Waals surface area contributed by atoms with E-state index in [-0.39, 0.29) is 21.3 Å². The molecule has 1 aromatic carbocycles. The first-order valence-corrected chi connectivity index (χ1v) is 11.0. The minimum Gasteiger partial charge on any atom is -0.497 e. The number of rotatable bonds is 8. The van der Waals surface area contributed by atoms with Crippen molar-refractivity contribution in [2.45, 2.75) is 30.6 Å². The van der Waals surface area contributed by atoms with Gasteiger partial charge >= 0.3 is 18.0 Å². The van der Waals surface area contributed by atoms with Gasteiger partial charge in [0, 0.05) is 10.3 Å². The number of nitrogens with zero attached hydrogens (tertiary/aromatic N) is 2. The number of aromatic nitrogens is 2. The Labute approximate surface area is 192 Å². The Morgan fingerprint density at radius 1 is 1.12 bits per heavy atom. The fourth-order valence-corrected chi connectivity index (χ4v) is 4.58. The Balaban J connectivity index is 1.65. The van der Waals surface area contributed by atoms with E-state index in [0.717, 1.165) is 11.3 Å². The summed E-state index contributed by atoms with van der Waals surface area (Å²) in [6.07, 6.45) is -5.99. The molecule has 3 rings (SSSR count). The number of thiophene rings is 1. The molecule has 0 fully saturated rings. The number of aryl methyl sites for hydroxylation is 1. The average Bonchev–Trinajstić information content (AvgIpc) is 3.23. The molecule has 0 aliphatic heterocycles. The Morgan fingerprint density at radius 2 is 1.85 bits per heavy atom. The summed E-state index contributed by atoms with van der Waals surface area (Å²) in [6, 6.07) is 8.08. The number of carbonyl (C=O) groups is 2. The van der Waals surface area contributed by atoms with E-state index in [1.165, 1.54) is 31.0 Å². The standard InChI is InChI=1S/C20H16F5N3O3S2/c1-10-27-14-5-3-11(31-2)7-13(14)17(28-10)32-9-15(29)16-6-4-12(33-16)8-26-18(30)19(21,22)20(23,24)25/h3-7H,8-9H2,1-2H3,(H,26,30). The maximum Gasteiger partial charge on any atom is 0.463 e. The second kappa shape index (κ2) is 9.59. The van der Waals surface area contributed by atoms with E-state index in [9.17, 15) is 31.5 Å². The van der Waals surface area contributed by atoms with E-state index in [1.54, 1.807) is 30.4 Å². The highest BCUT2D eigenvalue weighted by Crippen LogP contribution is 2.35. The first-order valence-electron chi connectivity index (χ1n) is 9.22. The number of amides is 1. The molecular weight excluding hydrogens is 489 g/mol. The number of hydrogen-bond acceptors (Lipinski definition) is 7. The van der Waals surface area contributed by atoms with Gasteiger partial charge in [0.05, 0.1) is 29.8 Å². The van der Waals surface area contributed by atoms with E-state index >= 15 is 0 Å². The van der Waals surface area contributed by atoms with Crippen LogP contribution in [0.3, 0.4) is 0 Å². The minimum absolute atomic E-state index is 0.00121. The van der Waals surface area contributed by atoms with E-state index in [0.29, 0.717) is 27.5 Å². The lowest BCUT2D eigenvalue weighted by molar-refractivity contribution is -0.269. The predicted molar refractivity (Wildman–Crippen MR) is 113 cm³/mol. The quantitative estimate of drug-likeness (QED) is 0.205. The molecule has 3 aromatic rings. The summed E-state index contributed by atoms with van der Waals surface area (Å²) >= 11 is 2.07. The SMILES string of the molecule is COc1ccc2nc(C)nc(SCC(=O)c3ccc(CNC(=O)C(F)(F)C(F)(F)F)s3)c2c1. The number of carbonyl (C=O) groups excluding carboxylic acids is 2. The number of ketones is 1. The number of Topliss-reactive ketones (excluding diaryl/α,β-unsaturated/α-hetero) is 1. The molecule has 0 atom stereocenters. The Hall–Kier alpha value is -2.80. The Kier molecular flexibility index (Phi) is 7.22. The van der Waals surface area contributed by atoms with Crippen molar-refractivity contribution in [1.29, 1.82) is 0 Å². The van der Waals surface area contributed by atoms with Crippen molar-refractivity contribution in [2.75, 3.05) is 12.9 Å². The lowest BCUT2D eigenvalue weighted by Crippen LogP contribution is -2.50. The maximum absolute atomic E-state index is 13.0. The van der Waals surface area contributed by atoms with Gasteiger partial charge in [-0.15, -0.1) is 11.3 Å². The average molecular weight is 505 g/mol. The predicted octanol–water partition coefficient (Wildman–Crippen LogP) is 4.80. The summed E-state index contributed by atoms with van der Waals surface area (Å²) in [5.41, 5.74) is 0.683. The van der Waals surface area contributed by atoms with Crippen molar-refractivity contribution < 1.29 is 36.3 Å². The van der Waals surface area contributed by atoms with Crippen molar-refractivity contribution in [3.05, 3.63) is 45.9 Å². The second-order valence-corrected chi connectivity index (χ2v) is 8.82. The third-order valence-corrected chi connectivity index (χ3v) is 6.44. The van der Waals surface area contributed by atoms with Crippen molar-refractivity contribution in [1.82, 2.24) is 15.3 Å². The molecule has 176 valence electrons. The maximum atomic E-state index is 13.0. The molecule has 0 bridgehead atoms. The highest BCUT2D eigenvalue weighted by Gasteiger charge is 2.63. The number of alkyl halides is 5. The highest BCUT2D eigenvalue weighted by molar-refractivity contribution is 8.00. The zero-order valence-electron chi connectivity index (χ0n) is 17.1. The van der Waals surface area contributed by atoms with E-state index < -0.39 is 24.6 Å². The number of methoxy groups -OCH3 is 1. The van der Waals surface area contributed by atoms with Crippen LogP contribution in [-0.2, 0) is 11.3 Å². The van der Waals surface area contributed by atoms with Gasteiger partial charge in [-0.25, -0.2) is 9.97 Å². The summed E-state index contributed by atoms with van der Waals surface area (Å²) < 4.78 is 67.9. The van der Waals surface area contributed by atoms with E-state index in [1.807, 2.05) is 0 Å². The number of ether oxygens (including phenoxy) is 1. The van der Waals surface area contributed by atoms with Crippen LogP contribution in [0.5, 0.6) is 5.75 Å². The fraction of sp³-hybridized carbons (Fsp3) is 0.300. The van der Waals surface area contributed by atoms with Gasteiger partial charge in [0.15, 0.2) is 5.78 Å². The molecular formula is C20H16F5N3O3S2. The molecule has 33 heavy (non-hydrogen) atoms. The summed E-state index contributed by atoms with van der Waals surface area (Å²) in [4.78, 5) is 33.0. The number of benzene rings is 1. The fourth-order valence-electron chi connectivity index (χ4n) is 2.66. The molecule has 2 heterocycles. The second-order valence-electron chi connectivity index (χ2n) is 6.69.